The summed E-state index contributed by atoms with van der Waals surface area (Å²) in [5.41, 5.74) is 13.7. The van der Waals surface area contributed by atoms with Crippen molar-refractivity contribution in [2.24, 2.45) is 5.73 Å². The molecule has 2 aromatic carbocycles. The summed E-state index contributed by atoms with van der Waals surface area (Å²) in [6.07, 6.45) is 1.48. The predicted octanol–water partition coefficient (Wildman–Crippen LogP) is 3.88. The van der Waals surface area contributed by atoms with Gasteiger partial charge in [0, 0.05) is 22.8 Å². The van der Waals surface area contributed by atoms with Crippen molar-refractivity contribution in [2.45, 2.75) is 24.0 Å². The van der Waals surface area contributed by atoms with E-state index < -0.39 is 27.0 Å². The van der Waals surface area contributed by atoms with E-state index in [4.69, 9.17) is 16.0 Å². The van der Waals surface area contributed by atoms with Crippen molar-refractivity contribution in [3.8, 4) is 34.0 Å². The van der Waals surface area contributed by atoms with Gasteiger partial charge in [-0.05, 0) is 38.1 Å². The number of amides is 3. The van der Waals surface area contributed by atoms with Crippen LogP contribution in [0.25, 0.3) is 34.0 Å². The third kappa shape index (κ3) is 6.28. The van der Waals surface area contributed by atoms with Gasteiger partial charge in [-0.3, -0.25) is 10.1 Å². The van der Waals surface area contributed by atoms with Crippen LogP contribution in [0, 0.1) is 0 Å². The molecule has 0 aliphatic rings. The van der Waals surface area contributed by atoms with Gasteiger partial charge in [0.05, 0.1) is 22.0 Å². The molecule has 3 amide bonds. The van der Waals surface area contributed by atoms with Gasteiger partial charge in [0.2, 0.25) is 0 Å². The van der Waals surface area contributed by atoms with Crippen LogP contribution in [0.5, 0.6) is 0 Å². The first-order valence-corrected chi connectivity index (χ1v) is 12.3. The molecule has 11 nitrogen and oxygen atoms in total. The van der Waals surface area contributed by atoms with Gasteiger partial charge in [0.15, 0.2) is 27.1 Å². The minimum absolute atomic E-state index is 0. The second kappa shape index (κ2) is 12.0. The number of primary amides is 1. The number of imide groups is 1. The van der Waals surface area contributed by atoms with Crippen molar-refractivity contribution < 1.29 is 22.5 Å². The molecular weight excluding hydrogens is 555 g/mol. The van der Waals surface area contributed by atoms with E-state index in [0.717, 1.165) is 0 Å². The molecule has 0 bridgehead atoms. The summed E-state index contributed by atoms with van der Waals surface area (Å²) in [4.78, 5) is 31.7. The molecule has 0 saturated carbocycles. The summed E-state index contributed by atoms with van der Waals surface area (Å²) >= 11 is 0. The maximum atomic E-state index is 12.4. The molecule has 0 atom stereocenters. The summed E-state index contributed by atoms with van der Waals surface area (Å²) < 4.78 is 30.2. The van der Waals surface area contributed by atoms with Gasteiger partial charge in [-0.2, -0.15) is 0 Å². The van der Waals surface area contributed by atoms with E-state index >= 15 is 0 Å². The van der Waals surface area contributed by atoms with Gasteiger partial charge >= 0.3 is 6.03 Å². The van der Waals surface area contributed by atoms with E-state index in [-0.39, 0.29) is 52.5 Å². The number of halogens is 2. The van der Waals surface area contributed by atoms with Gasteiger partial charge in [0.25, 0.3) is 5.91 Å². The molecule has 0 saturated heterocycles. The van der Waals surface area contributed by atoms with Crippen molar-refractivity contribution in [1.29, 1.82) is 0 Å². The fraction of sp³-hybridized carbons (Fsp3) is 0.125. The highest BCUT2D eigenvalue weighted by Gasteiger charge is 2.20. The number of hydrogen-bond donors (Lipinski definition) is 3. The van der Waals surface area contributed by atoms with Crippen LogP contribution in [0.15, 0.2) is 70.2 Å². The lowest BCUT2D eigenvalue weighted by molar-refractivity contribution is 0.0966. The number of hydrogen-bond acceptors (Lipinski definition) is 9. The van der Waals surface area contributed by atoms with Crippen LogP contribution < -0.4 is 16.8 Å². The SMILES string of the molecule is CC(C)S(=O)(=O)c1ccc(-c2cnc(N)c(-c3cc(-c4ccc(C(=O)NC(N)=O)cc4)no3)n2)cc1.Cl.Cl. The fourth-order valence-corrected chi connectivity index (χ4v) is 4.37. The number of rotatable bonds is 6. The molecule has 0 aliphatic carbocycles. The maximum absolute atomic E-state index is 12.4. The molecule has 38 heavy (non-hydrogen) atoms. The molecule has 0 spiro atoms. The number of carbonyl (C=O) groups excluding carboxylic acids is 2. The van der Waals surface area contributed by atoms with Crippen molar-refractivity contribution >= 4 is 52.4 Å². The summed E-state index contributed by atoms with van der Waals surface area (Å²) in [6, 6.07) is 13.3. The number of nitrogen functional groups attached to an aromatic ring is 1. The molecule has 0 fully saturated rings. The molecule has 14 heteroatoms. The first kappa shape index (κ1) is 30.2. The van der Waals surface area contributed by atoms with E-state index in [9.17, 15) is 18.0 Å². The Hall–Kier alpha value is -4.00. The van der Waals surface area contributed by atoms with E-state index in [2.05, 4.69) is 15.1 Å². The van der Waals surface area contributed by atoms with Crippen LogP contribution in [-0.4, -0.2) is 40.7 Å². The van der Waals surface area contributed by atoms with Crippen molar-refractivity contribution in [3.63, 3.8) is 0 Å². The number of urea groups is 1. The number of nitrogens with zero attached hydrogens (tertiary/aromatic N) is 3. The average Bonchev–Trinajstić information content (AvgIpc) is 3.34. The first-order chi connectivity index (χ1) is 17.1. The molecule has 0 unspecified atom stereocenters. The lowest BCUT2D eigenvalue weighted by Gasteiger charge is -2.09. The third-order valence-electron chi connectivity index (χ3n) is 5.32. The van der Waals surface area contributed by atoms with E-state index in [0.29, 0.717) is 22.5 Å². The Morgan fingerprint density at radius 2 is 1.53 bits per heavy atom. The number of benzene rings is 2. The second-order valence-corrected chi connectivity index (χ2v) is 10.6. The monoisotopic (exact) mass is 578 g/mol. The zero-order valence-corrected chi connectivity index (χ0v) is 22.6. The number of aromatic nitrogens is 3. The van der Waals surface area contributed by atoms with Crippen LogP contribution in [-0.2, 0) is 9.84 Å². The Kier molecular flexibility index (Phi) is 9.57. The fourth-order valence-electron chi connectivity index (χ4n) is 3.31. The van der Waals surface area contributed by atoms with Crippen LogP contribution in [0.3, 0.4) is 0 Å². The lowest BCUT2D eigenvalue weighted by atomic mass is 10.1. The quantitative estimate of drug-likeness (QED) is 0.305. The molecule has 0 aliphatic heterocycles. The molecule has 4 rings (SSSR count). The first-order valence-electron chi connectivity index (χ1n) is 10.7. The standard InChI is InChI=1S/C24H22N6O5S.2ClH/c1-13(2)36(33,34)17-9-7-15(8-10-17)19-12-27-22(25)21(28-19)20-11-18(30-35-20)14-3-5-16(6-4-14)23(31)29-24(26)32;;/h3-13H,1-2H3,(H2,25,27)(H3,26,29,31,32);2*1H. The normalized spacial score (nSPS) is 10.8. The Morgan fingerprint density at radius 1 is 0.947 bits per heavy atom. The van der Waals surface area contributed by atoms with Crippen LogP contribution in [0.2, 0.25) is 0 Å². The Morgan fingerprint density at radius 3 is 2.11 bits per heavy atom. The largest absolute Gasteiger partial charge is 0.382 e. The highest BCUT2D eigenvalue weighted by atomic mass is 35.5. The number of nitrogens with two attached hydrogens (primary N) is 2. The maximum Gasteiger partial charge on any atom is 0.319 e. The molecule has 200 valence electrons. The number of carbonyl (C=O) groups is 2. The number of sulfone groups is 1. The van der Waals surface area contributed by atoms with E-state index in [1.54, 1.807) is 44.2 Å². The van der Waals surface area contributed by atoms with Crippen molar-refractivity contribution in [1.82, 2.24) is 20.4 Å². The number of nitrogens with one attached hydrogen (secondary N) is 1. The van der Waals surface area contributed by atoms with Crippen LogP contribution in [0.4, 0.5) is 10.6 Å². The molecule has 5 N–H and O–H groups in total. The van der Waals surface area contributed by atoms with E-state index in [1.807, 2.05) is 5.32 Å². The van der Waals surface area contributed by atoms with Gasteiger partial charge in [-0.25, -0.2) is 23.2 Å². The van der Waals surface area contributed by atoms with Crippen LogP contribution in [0.1, 0.15) is 24.2 Å². The Balaban J connectivity index is 0.00000253. The summed E-state index contributed by atoms with van der Waals surface area (Å²) in [6.45, 7) is 3.25. The van der Waals surface area contributed by atoms with Gasteiger partial charge in [-0.1, -0.05) is 29.4 Å². The average molecular weight is 579 g/mol. The minimum Gasteiger partial charge on any atom is -0.382 e. The minimum atomic E-state index is -3.39. The molecule has 2 heterocycles. The Bertz CT molecular complexity index is 1560. The van der Waals surface area contributed by atoms with Crippen molar-refractivity contribution in [2.75, 3.05) is 5.73 Å². The summed E-state index contributed by atoms with van der Waals surface area (Å²) in [5.74, 6) is -0.227. The lowest BCUT2D eigenvalue weighted by Crippen LogP contribution is -2.34. The Labute approximate surface area is 230 Å². The highest BCUT2D eigenvalue weighted by Crippen LogP contribution is 2.30. The topological polar surface area (TPSA) is 184 Å². The zero-order chi connectivity index (χ0) is 26.0. The third-order valence-corrected chi connectivity index (χ3v) is 7.49. The smallest absolute Gasteiger partial charge is 0.319 e. The molecule has 4 aromatic rings. The van der Waals surface area contributed by atoms with Gasteiger partial charge in [0.1, 0.15) is 5.69 Å². The van der Waals surface area contributed by atoms with Gasteiger partial charge < -0.3 is 16.0 Å². The zero-order valence-electron chi connectivity index (χ0n) is 20.1. The van der Waals surface area contributed by atoms with Gasteiger partial charge in [-0.15, -0.1) is 24.8 Å². The van der Waals surface area contributed by atoms with Crippen molar-refractivity contribution in [3.05, 3.63) is 66.4 Å². The summed E-state index contributed by atoms with van der Waals surface area (Å²) in [5, 5.41) is 5.50. The van der Waals surface area contributed by atoms with Crippen LogP contribution >= 0.6 is 24.8 Å². The molecule has 0 radical (unpaired) electrons. The number of anilines is 1. The highest BCUT2D eigenvalue weighted by molar-refractivity contribution is 7.92. The van der Waals surface area contributed by atoms with E-state index in [1.165, 1.54) is 30.5 Å². The summed E-state index contributed by atoms with van der Waals surface area (Å²) in [7, 11) is -3.39. The molecular formula is C24H24Cl2N6O5S. The predicted molar refractivity (Wildman–Crippen MR) is 147 cm³/mol. The second-order valence-electron chi connectivity index (χ2n) is 8.08. The molecule has 2 aromatic heterocycles.